The number of aliphatic hydroxyl groups excluding tert-OH is 1. The van der Waals surface area contributed by atoms with Crippen molar-refractivity contribution in [1.82, 2.24) is 4.90 Å². The number of hydrogen-bond acceptors (Lipinski definition) is 5. The van der Waals surface area contributed by atoms with Gasteiger partial charge < -0.3 is 9.84 Å². The minimum atomic E-state index is -3.90. The highest BCUT2D eigenvalue weighted by Gasteiger charge is 2.31. The highest BCUT2D eigenvalue weighted by molar-refractivity contribution is 7.92. The van der Waals surface area contributed by atoms with E-state index >= 15 is 0 Å². The number of sulfonamides is 1. The Morgan fingerprint density at radius 3 is 2.39 bits per heavy atom. The van der Waals surface area contributed by atoms with Crippen molar-refractivity contribution >= 4 is 38.9 Å². The van der Waals surface area contributed by atoms with E-state index < -0.39 is 10.0 Å². The van der Waals surface area contributed by atoms with E-state index in [1.807, 2.05) is 6.92 Å². The first-order valence-corrected chi connectivity index (χ1v) is 12.5. The average molecular weight is 487 g/mol. The van der Waals surface area contributed by atoms with Gasteiger partial charge in [0.25, 0.3) is 10.0 Å². The van der Waals surface area contributed by atoms with Gasteiger partial charge in [-0.2, -0.15) is 0 Å². The maximum atomic E-state index is 13.7. The monoisotopic (exact) mass is 486 g/mol. The van der Waals surface area contributed by atoms with Gasteiger partial charge in [-0.3, -0.25) is 9.21 Å². The van der Waals surface area contributed by atoms with E-state index in [9.17, 15) is 13.5 Å². The summed E-state index contributed by atoms with van der Waals surface area (Å²) in [7, 11) is -3.90. The molecule has 1 atom stereocenters. The van der Waals surface area contributed by atoms with Crippen LogP contribution in [-0.4, -0.2) is 57.3 Å². The van der Waals surface area contributed by atoms with Crippen LogP contribution in [0.15, 0.2) is 47.4 Å². The molecule has 170 valence electrons. The molecule has 1 fully saturated rings. The minimum absolute atomic E-state index is 0.140. The van der Waals surface area contributed by atoms with Crippen molar-refractivity contribution in [3.05, 3.63) is 58.1 Å². The van der Waals surface area contributed by atoms with Gasteiger partial charge in [0.05, 0.1) is 30.4 Å². The smallest absolute Gasteiger partial charge is 0.264 e. The van der Waals surface area contributed by atoms with Crippen LogP contribution in [0.5, 0.6) is 0 Å². The summed E-state index contributed by atoms with van der Waals surface area (Å²) in [5.41, 5.74) is 0.894. The van der Waals surface area contributed by atoms with Crippen LogP contribution < -0.4 is 4.31 Å². The van der Waals surface area contributed by atoms with Gasteiger partial charge in [-0.1, -0.05) is 29.3 Å². The molecule has 9 heteroatoms. The predicted octanol–water partition coefficient (Wildman–Crippen LogP) is 4.18. The maximum absolute atomic E-state index is 13.7. The largest absolute Gasteiger partial charge is 0.392 e. The van der Waals surface area contributed by atoms with Crippen LogP contribution in [0.1, 0.15) is 25.3 Å². The molecular weight excluding hydrogens is 459 g/mol. The molecular formula is C22H28Cl2N2O4S. The predicted molar refractivity (Wildman–Crippen MR) is 124 cm³/mol. The Balaban J connectivity index is 1.90. The highest BCUT2D eigenvalue weighted by atomic mass is 35.5. The average Bonchev–Trinajstić information content (AvgIpc) is 2.75. The number of nitrogens with zero attached hydrogens (tertiary/aromatic N) is 2. The fourth-order valence-electron chi connectivity index (χ4n) is 3.75. The van der Waals surface area contributed by atoms with E-state index in [-0.39, 0.29) is 17.5 Å². The number of morpholine rings is 1. The second kappa shape index (κ2) is 11.0. The quantitative estimate of drug-likeness (QED) is 0.575. The summed E-state index contributed by atoms with van der Waals surface area (Å²) in [5.74, 6) is 0. The number of aliphatic hydroxyl groups is 1. The number of rotatable bonds is 9. The van der Waals surface area contributed by atoms with Crippen molar-refractivity contribution in [2.75, 3.05) is 37.2 Å². The Labute approximate surface area is 194 Å². The summed E-state index contributed by atoms with van der Waals surface area (Å²) >= 11 is 12.2. The molecule has 0 radical (unpaired) electrons. The molecule has 3 rings (SSSR count). The summed E-state index contributed by atoms with van der Waals surface area (Å²) in [6.45, 7) is 5.72. The first-order chi connectivity index (χ1) is 14.8. The molecule has 2 aromatic rings. The molecule has 0 aromatic heterocycles. The molecule has 0 bridgehead atoms. The lowest BCUT2D eigenvalue weighted by atomic mass is 10.1. The molecule has 31 heavy (non-hydrogen) atoms. The summed E-state index contributed by atoms with van der Waals surface area (Å²) in [6.07, 6.45) is 1.49. The van der Waals surface area contributed by atoms with Crippen molar-refractivity contribution < 1.29 is 18.3 Å². The Bertz CT molecular complexity index is 964. The van der Waals surface area contributed by atoms with Gasteiger partial charge in [0.2, 0.25) is 0 Å². The summed E-state index contributed by atoms with van der Waals surface area (Å²) in [6, 6.07) is 10.7. The van der Waals surface area contributed by atoms with Crippen LogP contribution in [0, 0.1) is 0 Å². The number of anilines is 1. The SMILES string of the molecule is C[C@H](CCCN1CCOCC1)N(c1cc(Cl)ccc1CO)S(=O)(=O)c1ccc(Cl)cc1. The summed E-state index contributed by atoms with van der Waals surface area (Å²) in [5, 5.41) is 10.7. The van der Waals surface area contributed by atoms with Crippen molar-refractivity contribution in [2.45, 2.75) is 37.3 Å². The molecule has 0 saturated carbocycles. The fourth-order valence-corrected chi connectivity index (χ4v) is 5.76. The Kier molecular flexibility index (Phi) is 8.61. The van der Waals surface area contributed by atoms with Crippen LogP contribution in [-0.2, 0) is 21.4 Å². The Morgan fingerprint density at radius 1 is 1.10 bits per heavy atom. The van der Waals surface area contributed by atoms with Crippen LogP contribution in [0.2, 0.25) is 10.0 Å². The molecule has 1 aliphatic rings. The first-order valence-electron chi connectivity index (χ1n) is 10.3. The molecule has 0 aliphatic carbocycles. The van der Waals surface area contributed by atoms with Gasteiger partial charge in [0.1, 0.15) is 0 Å². The van der Waals surface area contributed by atoms with E-state index in [2.05, 4.69) is 4.90 Å². The topological polar surface area (TPSA) is 70.1 Å². The molecule has 0 spiro atoms. The van der Waals surface area contributed by atoms with Crippen molar-refractivity contribution in [3.63, 3.8) is 0 Å². The zero-order valence-corrected chi connectivity index (χ0v) is 19.8. The molecule has 0 amide bonds. The fraction of sp³-hybridized carbons (Fsp3) is 0.455. The zero-order chi connectivity index (χ0) is 22.4. The molecule has 6 nitrogen and oxygen atoms in total. The Morgan fingerprint density at radius 2 is 1.74 bits per heavy atom. The molecule has 1 heterocycles. The second-order valence-electron chi connectivity index (χ2n) is 7.63. The van der Waals surface area contributed by atoms with E-state index in [1.165, 1.54) is 16.4 Å². The van der Waals surface area contributed by atoms with Gasteiger partial charge >= 0.3 is 0 Å². The van der Waals surface area contributed by atoms with Crippen LogP contribution in [0.25, 0.3) is 0 Å². The van der Waals surface area contributed by atoms with E-state index in [1.54, 1.807) is 30.3 Å². The normalized spacial score (nSPS) is 16.3. The third-order valence-corrected chi connectivity index (χ3v) is 7.86. The van der Waals surface area contributed by atoms with Gasteiger partial charge in [-0.15, -0.1) is 0 Å². The van der Waals surface area contributed by atoms with E-state index in [0.29, 0.717) is 27.7 Å². The highest BCUT2D eigenvalue weighted by Crippen LogP contribution is 2.33. The van der Waals surface area contributed by atoms with Gasteiger partial charge in [0.15, 0.2) is 0 Å². The van der Waals surface area contributed by atoms with Crippen LogP contribution in [0.4, 0.5) is 5.69 Å². The standard InChI is InChI=1S/C22H28Cl2N2O4S/c1-17(3-2-10-25-11-13-30-14-12-25)26(22-15-20(24)5-4-18(22)16-27)31(28,29)21-8-6-19(23)7-9-21/h4-9,15,17,27H,2-3,10-14,16H2,1H3/t17-/m1/s1. The summed E-state index contributed by atoms with van der Waals surface area (Å²) < 4.78 is 34.1. The van der Waals surface area contributed by atoms with Gasteiger partial charge in [-0.25, -0.2) is 8.42 Å². The lowest BCUT2D eigenvalue weighted by Gasteiger charge is -2.33. The van der Waals surface area contributed by atoms with Crippen molar-refractivity contribution in [1.29, 1.82) is 0 Å². The molecule has 1 N–H and O–H groups in total. The number of benzene rings is 2. The van der Waals surface area contributed by atoms with Gasteiger partial charge in [0, 0.05) is 34.7 Å². The van der Waals surface area contributed by atoms with E-state index in [0.717, 1.165) is 39.3 Å². The first kappa shape index (κ1) is 24.3. The number of halogens is 2. The molecule has 1 aliphatic heterocycles. The summed E-state index contributed by atoms with van der Waals surface area (Å²) in [4.78, 5) is 2.47. The molecule has 1 saturated heterocycles. The Hall–Kier alpha value is -1.35. The number of hydrogen-bond donors (Lipinski definition) is 1. The number of ether oxygens (including phenoxy) is 1. The lowest BCUT2D eigenvalue weighted by Crippen LogP contribution is -2.41. The zero-order valence-electron chi connectivity index (χ0n) is 17.5. The van der Waals surface area contributed by atoms with Crippen molar-refractivity contribution in [3.8, 4) is 0 Å². The van der Waals surface area contributed by atoms with Crippen LogP contribution in [0.3, 0.4) is 0 Å². The van der Waals surface area contributed by atoms with Gasteiger partial charge in [-0.05, 0) is 62.7 Å². The van der Waals surface area contributed by atoms with Crippen LogP contribution >= 0.6 is 23.2 Å². The maximum Gasteiger partial charge on any atom is 0.264 e. The van der Waals surface area contributed by atoms with E-state index in [4.69, 9.17) is 27.9 Å². The van der Waals surface area contributed by atoms with Crippen molar-refractivity contribution in [2.24, 2.45) is 0 Å². The third kappa shape index (κ3) is 6.12. The minimum Gasteiger partial charge on any atom is -0.392 e. The lowest BCUT2D eigenvalue weighted by molar-refractivity contribution is 0.0370. The second-order valence-corrected chi connectivity index (χ2v) is 10.3. The molecule has 2 aromatic carbocycles. The molecule has 0 unspecified atom stereocenters. The third-order valence-electron chi connectivity index (χ3n) is 5.43.